The molecule has 2 fully saturated rings. The van der Waals surface area contributed by atoms with Crippen molar-refractivity contribution in [1.82, 2.24) is 4.90 Å². The van der Waals surface area contributed by atoms with Crippen LogP contribution in [0.15, 0.2) is 0 Å². The van der Waals surface area contributed by atoms with Gasteiger partial charge in [-0.15, -0.1) is 0 Å². The van der Waals surface area contributed by atoms with Crippen LogP contribution in [0.4, 0.5) is 0 Å². The molecule has 0 saturated heterocycles. The molecule has 0 amide bonds. The van der Waals surface area contributed by atoms with Gasteiger partial charge >= 0.3 is 0 Å². The molecular weight excluding hydrogens is 208 g/mol. The fraction of sp³-hybridized carbons (Fsp3) is 1.00. The summed E-state index contributed by atoms with van der Waals surface area (Å²) < 4.78 is 0. The van der Waals surface area contributed by atoms with Crippen LogP contribution < -0.4 is 5.73 Å². The summed E-state index contributed by atoms with van der Waals surface area (Å²) in [6, 6.07) is 1.62. The lowest BCUT2D eigenvalue weighted by atomic mass is 9.82. The first kappa shape index (κ1) is 13.4. The van der Waals surface area contributed by atoms with E-state index in [1.165, 1.54) is 51.4 Å². The van der Waals surface area contributed by atoms with Crippen molar-refractivity contribution in [3.05, 3.63) is 0 Å². The van der Waals surface area contributed by atoms with Gasteiger partial charge in [-0.2, -0.15) is 0 Å². The standard InChI is InChI=1S/C15H30N2/c1-3-12-6-4-8-14(10-12)17(2)15-9-5-7-13(15)11-16/h12-15H,3-11,16H2,1-2H3. The van der Waals surface area contributed by atoms with Gasteiger partial charge in [0.25, 0.3) is 0 Å². The summed E-state index contributed by atoms with van der Waals surface area (Å²) in [6.07, 6.45) is 11.2. The number of nitrogens with two attached hydrogens (primary N) is 1. The van der Waals surface area contributed by atoms with Gasteiger partial charge in [0, 0.05) is 12.1 Å². The Hall–Kier alpha value is -0.0800. The molecule has 2 N–H and O–H groups in total. The number of hydrogen-bond acceptors (Lipinski definition) is 2. The van der Waals surface area contributed by atoms with Gasteiger partial charge < -0.3 is 10.6 Å². The van der Waals surface area contributed by atoms with E-state index in [-0.39, 0.29) is 0 Å². The summed E-state index contributed by atoms with van der Waals surface area (Å²) in [7, 11) is 2.36. The highest BCUT2D eigenvalue weighted by molar-refractivity contribution is 4.89. The van der Waals surface area contributed by atoms with E-state index in [4.69, 9.17) is 5.73 Å². The third-order valence-corrected chi connectivity index (χ3v) is 5.35. The van der Waals surface area contributed by atoms with Crippen molar-refractivity contribution in [2.75, 3.05) is 13.6 Å². The molecule has 0 spiro atoms. The van der Waals surface area contributed by atoms with Gasteiger partial charge in [0.05, 0.1) is 0 Å². The van der Waals surface area contributed by atoms with Crippen molar-refractivity contribution in [3.8, 4) is 0 Å². The minimum absolute atomic E-state index is 0.766. The van der Waals surface area contributed by atoms with Gasteiger partial charge in [0.15, 0.2) is 0 Å². The van der Waals surface area contributed by atoms with Crippen molar-refractivity contribution in [2.24, 2.45) is 17.6 Å². The molecule has 0 aliphatic heterocycles. The van der Waals surface area contributed by atoms with Crippen LogP contribution in [0.2, 0.25) is 0 Å². The summed E-state index contributed by atoms with van der Waals surface area (Å²) in [5.41, 5.74) is 5.92. The fourth-order valence-electron chi connectivity index (χ4n) is 4.10. The highest BCUT2D eigenvalue weighted by atomic mass is 15.2. The molecular formula is C15H30N2. The third-order valence-electron chi connectivity index (χ3n) is 5.35. The van der Waals surface area contributed by atoms with Crippen molar-refractivity contribution in [1.29, 1.82) is 0 Å². The Labute approximate surface area is 107 Å². The quantitative estimate of drug-likeness (QED) is 0.816. The Morgan fingerprint density at radius 1 is 1.12 bits per heavy atom. The topological polar surface area (TPSA) is 29.3 Å². The molecule has 2 heteroatoms. The highest BCUT2D eigenvalue weighted by Gasteiger charge is 2.34. The smallest absolute Gasteiger partial charge is 0.0135 e. The van der Waals surface area contributed by atoms with Crippen molar-refractivity contribution >= 4 is 0 Å². The second-order valence-electron chi connectivity index (χ2n) is 6.25. The van der Waals surface area contributed by atoms with Crippen LogP contribution in [0.5, 0.6) is 0 Å². The van der Waals surface area contributed by atoms with Crippen LogP contribution in [0.1, 0.15) is 58.3 Å². The van der Waals surface area contributed by atoms with E-state index in [9.17, 15) is 0 Å². The Morgan fingerprint density at radius 2 is 1.88 bits per heavy atom. The maximum Gasteiger partial charge on any atom is 0.0135 e. The maximum absolute atomic E-state index is 5.92. The summed E-state index contributed by atoms with van der Waals surface area (Å²) in [4.78, 5) is 2.70. The van der Waals surface area contributed by atoms with E-state index in [0.717, 1.165) is 30.5 Å². The van der Waals surface area contributed by atoms with Crippen LogP contribution in [0.3, 0.4) is 0 Å². The molecule has 2 saturated carbocycles. The van der Waals surface area contributed by atoms with E-state index >= 15 is 0 Å². The molecule has 0 radical (unpaired) electrons. The molecule has 0 aromatic heterocycles. The molecule has 2 aliphatic rings. The van der Waals surface area contributed by atoms with Gasteiger partial charge in [-0.3, -0.25) is 0 Å². The predicted molar refractivity (Wildman–Crippen MR) is 74.0 cm³/mol. The summed E-state index contributed by atoms with van der Waals surface area (Å²) >= 11 is 0. The summed E-state index contributed by atoms with van der Waals surface area (Å²) in [6.45, 7) is 3.24. The van der Waals surface area contributed by atoms with Crippen LogP contribution in [-0.2, 0) is 0 Å². The molecule has 2 aliphatic carbocycles. The highest BCUT2D eigenvalue weighted by Crippen LogP contribution is 2.35. The molecule has 2 rings (SSSR count). The summed E-state index contributed by atoms with van der Waals surface area (Å²) in [5.74, 6) is 1.75. The van der Waals surface area contributed by atoms with Gasteiger partial charge in [0.1, 0.15) is 0 Å². The third kappa shape index (κ3) is 3.03. The van der Waals surface area contributed by atoms with E-state index in [1.54, 1.807) is 0 Å². The Bertz CT molecular complexity index is 229. The zero-order valence-electron chi connectivity index (χ0n) is 11.7. The minimum Gasteiger partial charge on any atom is -0.330 e. The van der Waals surface area contributed by atoms with E-state index in [1.807, 2.05) is 0 Å². The monoisotopic (exact) mass is 238 g/mol. The summed E-state index contributed by atoms with van der Waals surface area (Å²) in [5, 5.41) is 0. The second kappa shape index (κ2) is 6.19. The minimum atomic E-state index is 0.766. The molecule has 17 heavy (non-hydrogen) atoms. The Kier molecular flexibility index (Phi) is 4.87. The predicted octanol–water partition coefficient (Wildman–Crippen LogP) is 3.01. The van der Waals surface area contributed by atoms with Gasteiger partial charge in [-0.25, -0.2) is 0 Å². The normalized spacial score (nSPS) is 38.8. The average Bonchev–Trinajstić information content (AvgIpc) is 2.86. The number of nitrogens with zero attached hydrogens (tertiary/aromatic N) is 1. The van der Waals surface area contributed by atoms with E-state index < -0.39 is 0 Å². The molecule has 0 heterocycles. The van der Waals surface area contributed by atoms with Gasteiger partial charge in [-0.05, 0) is 51.1 Å². The SMILES string of the molecule is CCC1CCCC(N(C)C2CCCC2CN)C1. The van der Waals surface area contributed by atoms with Crippen LogP contribution in [0, 0.1) is 11.8 Å². The van der Waals surface area contributed by atoms with Gasteiger partial charge in [-0.1, -0.05) is 32.6 Å². The lowest BCUT2D eigenvalue weighted by Gasteiger charge is -2.40. The average molecular weight is 238 g/mol. The Balaban J connectivity index is 1.91. The maximum atomic E-state index is 5.92. The molecule has 4 unspecified atom stereocenters. The first-order chi connectivity index (χ1) is 8.26. The van der Waals surface area contributed by atoms with E-state index in [2.05, 4.69) is 18.9 Å². The zero-order valence-corrected chi connectivity index (χ0v) is 11.7. The molecule has 0 aromatic rings. The number of hydrogen-bond donors (Lipinski definition) is 1. The molecule has 4 atom stereocenters. The van der Waals surface area contributed by atoms with E-state index in [0.29, 0.717) is 0 Å². The Morgan fingerprint density at radius 3 is 2.59 bits per heavy atom. The largest absolute Gasteiger partial charge is 0.330 e. The first-order valence-corrected chi connectivity index (χ1v) is 7.68. The molecule has 0 aromatic carbocycles. The fourth-order valence-corrected chi connectivity index (χ4v) is 4.10. The number of rotatable bonds is 4. The first-order valence-electron chi connectivity index (χ1n) is 7.68. The van der Waals surface area contributed by atoms with Gasteiger partial charge in [0.2, 0.25) is 0 Å². The lowest BCUT2D eigenvalue weighted by molar-refractivity contribution is 0.0942. The van der Waals surface area contributed by atoms with Crippen LogP contribution in [0.25, 0.3) is 0 Å². The molecule has 100 valence electrons. The van der Waals surface area contributed by atoms with Crippen molar-refractivity contribution < 1.29 is 0 Å². The molecule has 2 nitrogen and oxygen atoms in total. The lowest BCUT2D eigenvalue weighted by Crippen LogP contribution is -2.45. The van der Waals surface area contributed by atoms with Crippen molar-refractivity contribution in [2.45, 2.75) is 70.4 Å². The second-order valence-corrected chi connectivity index (χ2v) is 6.25. The zero-order chi connectivity index (χ0) is 12.3. The molecule has 0 bridgehead atoms. The van der Waals surface area contributed by atoms with Crippen LogP contribution >= 0.6 is 0 Å². The van der Waals surface area contributed by atoms with Crippen molar-refractivity contribution in [3.63, 3.8) is 0 Å². The van der Waals surface area contributed by atoms with Crippen LogP contribution in [-0.4, -0.2) is 30.6 Å².